The third kappa shape index (κ3) is 4.16. The Bertz CT molecular complexity index is 1050. The van der Waals surface area contributed by atoms with Crippen LogP contribution in [0.1, 0.15) is 22.6 Å². The average molecular weight is 444 g/mol. The minimum absolute atomic E-state index is 0.0540. The molecule has 5 heteroatoms. The van der Waals surface area contributed by atoms with Crippen LogP contribution < -0.4 is 5.32 Å². The van der Waals surface area contributed by atoms with Crippen LogP contribution in [0.3, 0.4) is 0 Å². The number of hydrogen-bond acceptors (Lipinski definition) is 2. The summed E-state index contributed by atoms with van der Waals surface area (Å²) >= 11 is 19.5. The number of alkyl halides is 2. The van der Waals surface area contributed by atoms with Crippen LogP contribution in [0.25, 0.3) is 11.3 Å². The van der Waals surface area contributed by atoms with E-state index < -0.39 is 4.33 Å². The van der Waals surface area contributed by atoms with Gasteiger partial charge < -0.3 is 5.32 Å². The van der Waals surface area contributed by atoms with Crippen molar-refractivity contribution in [2.45, 2.75) is 24.1 Å². The minimum Gasteiger partial charge on any atom is -0.359 e. The second kappa shape index (κ2) is 7.68. The molecule has 4 rings (SSSR count). The Morgan fingerprint density at radius 3 is 2.41 bits per heavy atom. The fourth-order valence-corrected chi connectivity index (χ4v) is 4.96. The summed E-state index contributed by atoms with van der Waals surface area (Å²) in [7, 11) is 0. The molecule has 29 heavy (non-hydrogen) atoms. The van der Waals surface area contributed by atoms with Gasteiger partial charge in [-0.1, -0.05) is 54.1 Å². The Morgan fingerprint density at radius 1 is 1.00 bits per heavy atom. The number of anilines is 1. The van der Waals surface area contributed by atoms with E-state index in [2.05, 4.69) is 54.1 Å². The van der Waals surface area contributed by atoms with Crippen molar-refractivity contribution in [2.24, 2.45) is 5.92 Å². The molecule has 0 amide bonds. The highest BCUT2D eigenvalue weighted by Gasteiger charge is 2.65. The van der Waals surface area contributed by atoms with Gasteiger partial charge in [0.15, 0.2) is 0 Å². The van der Waals surface area contributed by atoms with Gasteiger partial charge in [0.1, 0.15) is 4.33 Å². The van der Waals surface area contributed by atoms with E-state index >= 15 is 0 Å². The van der Waals surface area contributed by atoms with Crippen molar-refractivity contribution in [1.29, 1.82) is 0 Å². The fourth-order valence-electron chi connectivity index (χ4n) is 3.77. The summed E-state index contributed by atoms with van der Waals surface area (Å²) in [6, 6.07) is 18.1. The maximum absolute atomic E-state index is 6.62. The molecule has 1 heterocycles. The number of hydrogen-bond donors (Lipinski definition) is 1. The summed E-state index contributed by atoms with van der Waals surface area (Å²) < 4.78 is -0.909. The van der Waals surface area contributed by atoms with Crippen molar-refractivity contribution in [3.8, 4) is 11.3 Å². The van der Waals surface area contributed by atoms with Gasteiger partial charge in [-0.25, -0.2) is 0 Å². The Morgan fingerprint density at radius 2 is 1.72 bits per heavy atom. The topological polar surface area (TPSA) is 24.9 Å². The maximum Gasteiger partial charge on any atom is 0.134 e. The smallest absolute Gasteiger partial charge is 0.134 e. The molecule has 0 saturated heterocycles. The molecule has 1 aliphatic carbocycles. The molecule has 0 aliphatic heterocycles. The molecule has 0 bridgehead atoms. The minimum atomic E-state index is -0.909. The first-order valence-electron chi connectivity index (χ1n) is 9.39. The van der Waals surface area contributed by atoms with E-state index in [0.717, 1.165) is 33.8 Å². The number of benzene rings is 2. The molecule has 1 fully saturated rings. The molecule has 1 N–H and O–H groups in total. The van der Waals surface area contributed by atoms with Crippen LogP contribution in [-0.2, 0) is 0 Å². The molecule has 2 nitrogen and oxygen atoms in total. The largest absolute Gasteiger partial charge is 0.359 e. The standard InChI is InChI=1S/C24H21Cl3N2/c1-14-4-6-17(7-5-14)21-13-20(8-9-28-21)29-16(3)22-23(24(22,26)27)18-10-15(2)11-19(25)12-18/h4-13,22-23H,3H2,1-2H3,(H,28,29). The number of rotatable bonds is 5. The molecule has 2 atom stereocenters. The van der Waals surface area contributed by atoms with Gasteiger partial charge >= 0.3 is 0 Å². The van der Waals surface area contributed by atoms with Crippen molar-refractivity contribution >= 4 is 40.5 Å². The quantitative estimate of drug-likeness (QED) is 0.412. The van der Waals surface area contributed by atoms with Crippen LogP contribution in [-0.4, -0.2) is 9.32 Å². The number of pyridine rings is 1. The van der Waals surface area contributed by atoms with E-state index in [0.29, 0.717) is 5.02 Å². The lowest BCUT2D eigenvalue weighted by Gasteiger charge is -2.11. The Hall–Kier alpha value is -2.00. The van der Waals surface area contributed by atoms with Gasteiger partial charge in [-0.3, -0.25) is 4.98 Å². The van der Waals surface area contributed by atoms with E-state index in [-0.39, 0.29) is 11.8 Å². The molecule has 0 spiro atoms. The van der Waals surface area contributed by atoms with E-state index in [9.17, 15) is 0 Å². The molecule has 0 radical (unpaired) electrons. The van der Waals surface area contributed by atoms with E-state index in [4.69, 9.17) is 34.8 Å². The number of nitrogens with one attached hydrogen (secondary N) is 1. The zero-order valence-electron chi connectivity index (χ0n) is 16.2. The van der Waals surface area contributed by atoms with Gasteiger partial charge in [0, 0.05) is 40.0 Å². The van der Waals surface area contributed by atoms with Crippen LogP contribution in [0.15, 0.2) is 73.1 Å². The SMILES string of the molecule is C=C(Nc1ccnc(-c2ccc(C)cc2)c1)C1C(c2cc(C)cc(Cl)c2)C1(Cl)Cl. The van der Waals surface area contributed by atoms with Gasteiger partial charge in [0.05, 0.1) is 5.69 Å². The monoisotopic (exact) mass is 442 g/mol. The highest BCUT2D eigenvalue weighted by Crippen LogP contribution is 2.67. The van der Waals surface area contributed by atoms with Gasteiger partial charge in [-0.15, -0.1) is 23.2 Å². The second-order valence-electron chi connectivity index (χ2n) is 7.64. The first kappa shape index (κ1) is 20.3. The number of allylic oxidation sites excluding steroid dienone is 1. The Kier molecular flexibility index (Phi) is 5.37. The predicted molar refractivity (Wildman–Crippen MR) is 124 cm³/mol. The van der Waals surface area contributed by atoms with Gasteiger partial charge in [0.2, 0.25) is 0 Å². The fraction of sp³-hybridized carbons (Fsp3) is 0.208. The highest BCUT2D eigenvalue weighted by molar-refractivity contribution is 6.52. The highest BCUT2D eigenvalue weighted by atomic mass is 35.5. The lowest BCUT2D eigenvalue weighted by Crippen LogP contribution is -2.04. The van der Waals surface area contributed by atoms with E-state index in [1.807, 2.05) is 31.2 Å². The number of nitrogens with zero attached hydrogens (tertiary/aromatic N) is 1. The van der Waals surface area contributed by atoms with Crippen molar-refractivity contribution in [1.82, 2.24) is 4.98 Å². The van der Waals surface area contributed by atoms with E-state index in [1.165, 1.54) is 5.56 Å². The summed E-state index contributed by atoms with van der Waals surface area (Å²) in [6.07, 6.45) is 1.78. The first-order valence-corrected chi connectivity index (χ1v) is 10.5. The van der Waals surface area contributed by atoms with Crippen molar-refractivity contribution in [3.05, 3.63) is 94.8 Å². The van der Waals surface area contributed by atoms with E-state index in [1.54, 1.807) is 6.20 Å². The maximum atomic E-state index is 6.62. The lowest BCUT2D eigenvalue weighted by atomic mass is 10.1. The van der Waals surface area contributed by atoms with Crippen LogP contribution in [0.5, 0.6) is 0 Å². The van der Waals surface area contributed by atoms with Crippen molar-refractivity contribution in [3.63, 3.8) is 0 Å². The molecule has 1 aromatic heterocycles. The lowest BCUT2D eigenvalue weighted by molar-refractivity contribution is 0.945. The van der Waals surface area contributed by atoms with Crippen LogP contribution in [0, 0.1) is 19.8 Å². The van der Waals surface area contributed by atoms with Gasteiger partial charge in [-0.05, 0) is 49.2 Å². The molecule has 148 valence electrons. The molecule has 2 aromatic carbocycles. The summed E-state index contributed by atoms with van der Waals surface area (Å²) in [5.74, 6) is -0.165. The summed E-state index contributed by atoms with van der Waals surface area (Å²) in [5, 5.41) is 4.06. The van der Waals surface area contributed by atoms with Gasteiger partial charge in [-0.2, -0.15) is 0 Å². The second-order valence-corrected chi connectivity index (χ2v) is 9.52. The van der Waals surface area contributed by atoms with Crippen LogP contribution in [0.4, 0.5) is 5.69 Å². The molecular formula is C24H21Cl3N2. The molecule has 1 aliphatic rings. The summed E-state index contributed by atoms with van der Waals surface area (Å²) in [6.45, 7) is 8.28. The number of aromatic nitrogens is 1. The number of halogens is 3. The third-order valence-electron chi connectivity index (χ3n) is 5.26. The predicted octanol–water partition coefficient (Wildman–Crippen LogP) is 7.53. The van der Waals surface area contributed by atoms with Crippen LogP contribution >= 0.6 is 34.8 Å². The molecular weight excluding hydrogens is 423 g/mol. The van der Waals surface area contributed by atoms with Gasteiger partial charge in [0.25, 0.3) is 0 Å². The first-order chi connectivity index (χ1) is 13.8. The van der Waals surface area contributed by atoms with Crippen molar-refractivity contribution in [2.75, 3.05) is 5.32 Å². The average Bonchev–Trinajstić information content (AvgIpc) is 3.24. The zero-order chi connectivity index (χ0) is 20.8. The van der Waals surface area contributed by atoms with Crippen LogP contribution in [0.2, 0.25) is 5.02 Å². The zero-order valence-corrected chi connectivity index (χ0v) is 18.5. The Balaban J connectivity index is 1.54. The summed E-state index contributed by atoms with van der Waals surface area (Å²) in [4.78, 5) is 4.48. The normalized spacial score (nSPS) is 19.6. The summed E-state index contributed by atoms with van der Waals surface area (Å²) in [5.41, 5.74) is 6.96. The third-order valence-corrected chi connectivity index (χ3v) is 6.42. The molecule has 2 unspecified atom stereocenters. The Labute approximate surface area is 186 Å². The van der Waals surface area contributed by atoms with Crippen molar-refractivity contribution < 1.29 is 0 Å². The molecule has 1 saturated carbocycles. The molecule has 3 aromatic rings. The number of aryl methyl sites for hydroxylation is 2.